The number of halogens is 1. The van der Waals surface area contributed by atoms with Crippen LogP contribution in [0, 0.1) is 11.7 Å². The molecule has 0 aliphatic carbocycles. The van der Waals surface area contributed by atoms with Crippen molar-refractivity contribution in [3.05, 3.63) is 29.6 Å². The molecule has 0 bridgehead atoms. The van der Waals surface area contributed by atoms with E-state index in [4.69, 9.17) is 5.11 Å². The van der Waals surface area contributed by atoms with Gasteiger partial charge < -0.3 is 5.11 Å². The van der Waals surface area contributed by atoms with Gasteiger partial charge >= 0.3 is 0 Å². The van der Waals surface area contributed by atoms with E-state index in [9.17, 15) is 12.8 Å². The fourth-order valence-corrected chi connectivity index (χ4v) is 3.63. The fourth-order valence-electron chi connectivity index (χ4n) is 2.26. The zero-order valence-corrected chi connectivity index (χ0v) is 12.9. The summed E-state index contributed by atoms with van der Waals surface area (Å²) in [4.78, 5) is -0.382. The molecule has 114 valence electrons. The van der Waals surface area contributed by atoms with Crippen molar-refractivity contribution in [1.29, 1.82) is 0 Å². The Balaban J connectivity index is 2.99. The summed E-state index contributed by atoms with van der Waals surface area (Å²) < 4.78 is 40.7. The van der Waals surface area contributed by atoms with Crippen LogP contribution in [-0.2, 0) is 16.6 Å². The second-order valence-electron chi connectivity index (χ2n) is 4.91. The summed E-state index contributed by atoms with van der Waals surface area (Å²) in [7, 11) is -3.89. The first kappa shape index (κ1) is 17.1. The molecule has 1 rings (SSSR count). The Kier molecular flexibility index (Phi) is 6.10. The molecule has 0 heterocycles. The van der Waals surface area contributed by atoms with Crippen molar-refractivity contribution >= 4 is 10.0 Å². The van der Waals surface area contributed by atoms with Gasteiger partial charge in [0.15, 0.2) is 0 Å². The number of benzene rings is 1. The van der Waals surface area contributed by atoms with E-state index in [1.165, 1.54) is 12.1 Å². The summed E-state index contributed by atoms with van der Waals surface area (Å²) in [6.45, 7) is 5.45. The van der Waals surface area contributed by atoms with Crippen molar-refractivity contribution < 1.29 is 17.9 Å². The molecule has 1 unspecified atom stereocenters. The van der Waals surface area contributed by atoms with Gasteiger partial charge in [-0.1, -0.05) is 32.8 Å². The largest absolute Gasteiger partial charge is 0.392 e. The van der Waals surface area contributed by atoms with E-state index in [0.29, 0.717) is 5.56 Å². The number of aliphatic hydroxyl groups excluding tert-OH is 1. The summed E-state index contributed by atoms with van der Waals surface area (Å²) in [6.07, 6.45) is 1.71. The lowest BCUT2D eigenvalue weighted by atomic mass is 9.96. The summed E-state index contributed by atoms with van der Waals surface area (Å²) in [5, 5.41) is 8.91. The molecule has 0 amide bonds. The maximum absolute atomic E-state index is 13.8. The molecule has 0 radical (unpaired) electrons. The summed E-state index contributed by atoms with van der Waals surface area (Å²) in [6, 6.07) is 3.37. The first-order valence-electron chi connectivity index (χ1n) is 6.77. The Morgan fingerprint density at radius 1 is 1.30 bits per heavy atom. The number of rotatable bonds is 7. The minimum Gasteiger partial charge on any atom is -0.392 e. The van der Waals surface area contributed by atoms with E-state index in [1.807, 2.05) is 13.8 Å². The third-order valence-electron chi connectivity index (χ3n) is 3.57. The normalized spacial score (nSPS) is 13.7. The van der Waals surface area contributed by atoms with E-state index in [0.717, 1.165) is 18.9 Å². The second kappa shape index (κ2) is 7.15. The molecule has 0 saturated carbocycles. The second-order valence-corrected chi connectivity index (χ2v) is 6.59. The highest BCUT2D eigenvalue weighted by Crippen LogP contribution is 2.19. The van der Waals surface area contributed by atoms with Crippen LogP contribution in [0.1, 0.15) is 39.2 Å². The predicted octanol–water partition coefficient (Wildman–Crippen LogP) is 2.42. The van der Waals surface area contributed by atoms with Gasteiger partial charge in [0, 0.05) is 6.04 Å². The van der Waals surface area contributed by atoms with Crippen LogP contribution in [0.3, 0.4) is 0 Å². The summed E-state index contributed by atoms with van der Waals surface area (Å²) >= 11 is 0. The molecule has 6 heteroatoms. The number of nitrogens with one attached hydrogen (secondary N) is 1. The number of aliphatic hydroxyl groups is 1. The fraction of sp³-hybridized carbons (Fsp3) is 0.571. The molecule has 4 nitrogen and oxygen atoms in total. The van der Waals surface area contributed by atoms with Crippen molar-refractivity contribution in [3.8, 4) is 0 Å². The van der Waals surface area contributed by atoms with Crippen molar-refractivity contribution in [1.82, 2.24) is 4.72 Å². The molecule has 2 N–H and O–H groups in total. The average Bonchev–Trinajstić information content (AvgIpc) is 2.38. The third kappa shape index (κ3) is 4.01. The minimum atomic E-state index is -3.89. The maximum Gasteiger partial charge on any atom is 0.243 e. The molecule has 1 aromatic carbocycles. The lowest BCUT2D eigenvalue weighted by Gasteiger charge is -2.22. The van der Waals surface area contributed by atoms with Crippen LogP contribution < -0.4 is 4.72 Å². The van der Waals surface area contributed by atoms with Crippen LogP contribution in [0.15, 0.2) is 23.1 Å². The van der Waals surface area contributed by atoms with Gasteiger partial charge in [0.05, 0.1) is 6.61 Å². The molecule has 0 aliphatic rings. The Labute approximate surface area is 120 Å². The smallest absolute Gasteiger partial charge is 0.243 e. The Morgan fingerprint density at radius 3 is 2.35 bits per heavy atom. The lowest BCUT2D eigenvalue weighted by Crippen LogP contribution is -2.38. The van der Waals surface area contributed by atoms with Gasteiger partial charge in [0.1, 0.15) is 10.7 Å². The molecule has 0 saturated heterocycles. The van der Waals surface area contributed by atoms with Crippen LogP contribution >= 0.6 is 0 Å². The molecule has 1 atom stereocenters. The van der Waals surface area contributed by atoms with Crippen LogP contribution in [0.25, 0.3) is 0 Å². The highest BCUT2D eigenvalue weighted by atomic mass is 32.2. The van der Waals surface area contributed by atoms with E-state index in [1.54, 1.807) is 6.92 Å². The van der Waals surface area contributed by atoms with Gasteiger partial charge in [-0.05, 0) is 30.5 Å². The molecule has 1 aromatic rings. The molecule has 0 spiro atoms. The quantitative estimate of drug-likeness (QED) is 0.813. The molecule has 0 aromatic heterocycles. The topological polar surface area (TPSA) is 66.4 Å². The third-order valence-corrected chi connectivity index (χ3v) is 5.16. The van der Waals surface area contributed by atoms with E-state index >= 15 is 0 Å². The van der Waals surface area contributed by atoms with Crippen molar-refractivity contribution in [2.24, 2.45) is 5.92 Å². The summed E-state index contributed by atoms with van der Waals surface area (Å²) in [5.74, 6) is -0.634. The Hall–Kier alpha value is -0.980. The van der Waals surface area contributed by atoms with E-state index in [2.05, 4.69) is 4.72 Å². The zero-order chi connectivity index (χ0) is 15.3. The highest BCUT2D eigenvalue weighted by Gasteiger charge is 2.24. The van der Waals surface area contributed by atoms with Gasteiger partial charge in [-0.25, -0.2) is 17.5 Å². The minimum absolute atomic E-state index is 0.213. The van der Waals surface area contributed by atoms with Crippen LogP contribution in [0.5, 0.6) is 0 Å². The van der Waals surface area contributed by atoms with Gasteiger partial charge in [0.25, 0.3) is 0 Å². The van der Waals surface area contributed by atoms with Crippen LogP contribution in [-0.4, -0.2) is 19.6 Å². The molecule has 20 heavy (non-hydrogen) atoms. The van der Waals surface area contributed by atoms with Crippen LogP contribution in [0.2, 0.25) is 0 Å². The van der Waals surface area contributed by atoms with Crippen molar-refractivity contribution in [3.63, 3.8) is 0 Å². The first-order chi connectivity index (χ1) is 9.35. The predicted molar refractivity (Wildman–Crippen MR) is 76.2 cm³/mol. The first-order valence-corrected chi connectivity index (χ1v) is 8.25. The Bertz CT molecular complexity index is 541. The highest BCUT2D eigenvalue weighted by molar-refractivity contribution is 7.89. The summed E-state index contributed by atoms with van der Waals surface area (Å²) in [5.41, 5.74) is 0.342. The Morgan fingerprint density at radius 2 is 1.90 bits per heavy atom. The average molecular weight is 303 g/mol. The van der Waals surface area contributed by atoms with E-state index < -0.39 is 15.8 Å². The molecular weight excluding hydrogens is 281 g/mol. The molecule has 0 aliphatic heterocycles. The standard InChI is InChI=1S/C14H22FNO3S/c1-4-12(5-2)10(3)16-20(18,19)14-7-6-11(9-17)8-13(14)15/h6-8,10,12,16-17H,4-5,9H2,1-3H3. The van der Waals surface area contributed by atoms with E-state index in [-0.39, 0.29) is 23.5 Å². The lowest BCUT2D eigenvalue weighted by molar-refractivity contribution is 0.281. The van der Waals surface area contributed by atoms with Crippen LogP contribution in [0.4, 0.5) is 4.39 Å². The zero-order valence-electron chi connectivity index (χ0n) is 12.1. The van der Waals surface area contributed by atoms with Crippen molar-refractivity contribution in [2.45, 2.75) is 51.2 Å². The van der Waals surface area contributed by atoms with Gasteiger partial charge in [-0.3, -0.25) is 0 Å². The molecule has 0 fully saturated rings. The maximum atomic E-state index is 13.8. The van der Waals surface area contributed by atoms with Gasteiger partial charge in [0.2, 0.25) is 10.0 Å². The SMILES string of the molecule is CCC(CC)C(C)NS(=O)(=O)c1ccc(CO)cc1F. The van der Waals surface area contributed by atoms with Gasteiger partial charge in [-0.2, -0.15) is 0 Å². The molecular formula is C14H22FNO3S. The number of hydrogen-bond donors (Lipinski definition) is 2. The number of sulfonamides is 1. The van der Waals surface area contributed by atoms with Gasteiger partial charge in [-0.15, -0.1) is 0 Å². The monoisotopic (exact) mass is 303 g/mol. The number of hydrogen-bond acceptors (Lipinski definition) is 3. The van der Waals surface area contributed by atoms with Crippen molar-refractivity contribution in [2.75, 3.05) is 0 Å².